The van der Waals surface area contributed by atoms with Crippen molar-refractivity contribution < 1.29 is 13.9 Å². The number of hydrogen-bond donors (Lipinski definition) is 0. The molecule has 1 saturated heterocycles. The molecule has 1 aliphatic rings. The molecule has 2 heterocycles. The minimum Gasteiger partial charge on any atom is -0.495 e. The molecule has 0 radical (unpaired) electrons. The number of amides is 1. The lowest BCUT2D eigenvalue weighted by Gasteiger charge is -2.37. The summed E-state index contributed by atoms with van der Waals surface area (Å²) in [6.45, 7) is 4.90. The van der Waals surface area contributed by atoms with Gasteiger partial charge in [0.15, 0.2) is 0 Å². The second kappa shape index (κ2) is 10.9. The highest BCUT2D eigenvalue weighted by molar-refractivity contribution is 5.93. The normalized spacial score (nSPS) is 14.2. The van der Waals surface area contributed by atoms with Crippen molar-refractivity contribution in [2.24, 2.45) is 0 Å². The third kappa shape index (κ3) is 5.87. The van der Waals surface area contributed by atoms with Crippen LogP contribution in [0.2, 0.25) is 0 Å². The largest absolute Gasteiger partial charge is 0.495 e. The van der Waals surface area contributed by atoms with E-state index in [2.05, 4.69) is 20.9 Å². The summed E-state index contributed by atoms with van der Waals surface area (Å²) in [5.41, 5.74) is 1.90. The van der Waals surface area contributed by atoms with Gasteiger partial charge in [-0.2, -0.15) is 0 Å². The van der Waals surface area contributed by atoms with Gasteiger partial charge < -0.3 is 9.64 Å². The van der Waals surface area contributed by atoms with Crippen LogP contribution in [0.25, 0.3) is 0 Å². The molecule has 1 amide bonds. The van der Waals surface area contributed by atoms with Crippen molar-refractivity contribution in [2.75, 3.05) is 56.2 Å². The van der Waals surface area contributed by atoms with E-state index < -0.39 is 0 Å². The minimum absolute atomic E-state index is 0.0482. The molecule has 7 heteroatoms. The van der Waals surface area contributed by atoms with Crippen molar-refractivity contribution in [3.05, 3.63) is 84.3 Å². The topological polar surface area (TPSA) is 48.9 Å². The van der Waals surface area contributed by atoms with Crippen molar-refractivity contribution in [1.82, 2.24) is 9.88 Å². The predicted octanol–water partition coefficient (Wildman–Crippen LogP) is 3.63. The van der Waals surface area contributed by atoms with Crippen LogP contribution in [0.3, 0.4) is 0 Å². The second-order valence-corrected chi connectivity index (χ2v) is 8.04. The van der Waals surface area contributed by atoms with Crippen LogP contribution in [0, 0.1) is 5.82 Å². The smallest absolute Gasteiger partial charge is 0.232 e. The highest BCUT2D eigenvalue weighted by Crippen LogP contribution is 2.28. The lowest BCUT2D eigenvalue weighted by atomic mass is 10.1. The molecule has 0 spiro atoms. The summed E-state index contributed by atoms with van der Waals surface area (Å²) in [5.74, 6) is 1.17. The van der Waals surface area contributed by atoms with Gasteiger partial charge in [0.2, 0.25) is 5.91 Å². The Morgan fingerprint density at radius 1 is 1.00 bits per heavy atom. The summed E-state index contributed by atoms with van der Waals surface area (Å²) < 4.78 is 18.7. The van der Waals surface area contributed by atoms with Crippen LogP contribution in [-0.4, -0.2) is 62.2 Å². The Labute approximate surface area is 194 Å². The molecule has 6 nitrogen and oxygen atoms in total. The van der Waals surface area contributed by atoms with E-state index in [-0.39, 0.29) is 18.1 Å². The number of nitrogens with zero attached hydrogens (tertiary/aromatic N) is 4. The van der Waals surface area contributed by atoms with E-state index in [9.17, 15) is 9.18 Å². The van der Waals surface area contributed by atoms with Crippen molar-refractivity contribution in [3.63, 3.8) is 0 Å². The molecule has 0 bridgehead atoms. The number of halogens is 1. The number of methoxy groups -OCH3 is 1. The quantitative estimate of drug-likeness (QED) is 0.528. The van der Waals surface area contributed by atoms with Crippen LogP contribution in [0.15, 0.2) is 72.9 Å². The summed E-state index contributed by atoms with van der Waals surface area (Å²) in [5, 5.41) is 0. The first-order valence-corrected chi connectivity index (χ1v) is 11.2. The number of benzene rings is 2. The van der Waals surface area contributed by atoms with Gasteiger partial charge in [0.1, 0.15) is 17.4 Å². The van der Waals surface area contributed by atoms with Crippen LogP contribution in [-0.2, 0) is 11.2 Å². The molecule has 3 aromatic rings. The van der Waals surface area contributed by atoms with Gasteiger partial charge >= 0.3 is 0 Å². The van der Waals surface area contributed by atoms with Gasteiger partial charge in [-0.25, -0.2) is 9.37 Å². The maximum absolute atomic E-state index is 13.2. The minimum atomic E-state index is -0.306. The lowest BCUT2D eigenvalue weighted by molar-refractivity contribution is -0.118. The number of rotatable bonds is 8. The molecule has 1 aromatic heterocycles. The van der Waals surface area contributed by atoms with E-state index in [1.54, 1.807) is 30.3 Å². The number of carbonyl (C=O) groups excluding carboxylic acids is 1. The fraction of sp³-hybridized carbons (Fsp3) is 0.308. The standard InChI is InChI=1S/C26H29FN4O2/c1-33-24-7-3-2-6-23(24)30-17-14-29(15-18-30)16-19-31(25-8-4-5-13-28-25)26(32)20-21-9-11-22(27)12-10-21/h2-13H,14-20H2,1H3/i27-1. The van der Waals surface area contributed by atoms with Crippen molar-refractivity contribution in [2.45, 2.75) is 6.42 Å². The third-order valence-corrected chi connectivity index (χ3v) is 5.93. The SMILES string of the molecule is COc1ccccc1N1CCN(CCN(C(=O)Cc2ccc([18F])cc2)c2ccccn2)CC1. The number of anilines is 2. The maximum atomic E-state index is 13.2. The molecule has 0 atom stereocenters. The van der Waals surface area contributed by atoms with E-state index in [1.807, 2.05) is 36.4 Å². The van der Waals surface area contributed by atoms with E-state index in [0.717, 1.165) is 49.7 Å². The Morgan fingerprint density at radius 3 is 2.42 bits per heavy atom. The summed E-state index contributed by atoms with van der Waals surface area (Å²) in [6.07, 6.45) is 1.90. The van der Waals surface area contributed by atoms with E-state index in [4.69, 9.17) is 4.74 Å². The number of ether oxygens (including phenoxy) is 1. The van der Waals surface area contributed by atoms with Crippen LogP contribution < -0.4 is 14.5 Å². The van der Waals surface area contributed by atoms with Gasteiger partial charge in [-0.1, -0.05) is 30.3 Å². The number of piperazine rings is 1. The molecule has 0 aliphatic carbocycles. The molecular formula is C26H29FN4O2. The summed E-state index contributed by atoms with van der Waals surface area (Å²) >= 11 is 0. The molecule has 1 aliphatic heterocycles. The zero-order valence-electron chi connectivity index (χ0n) is 18.9. The fourth-order valence-electron chi connectivity index (χ4n) is 4.10. The average Bonchev–Trinajstić information content (AvgIpc) is 2.86. The Bertz CT molecular complexity index is 1040. The summed E-state index contributed by atoms with van der Waals surface area (Å²) in [4.78, 5) is 24.0. The molecular weight excluding hydrogens is 418 g/mol. The van der Waals surface area contributed by atoms with E-state index in [0.29, 0.717) is 12.4 Å². The summed E-state index contributed by atoms with van der Waals surface area (Å²) in [7, 11) is 1.70. The third-order valence-electron chi connectivity index (χ3n) is 5.93. The Kier molecular flexibility index (Phi) is 7.52. The second-order valence-electron chi connectivity index (χ2n) is 8.04. The molecule has 1 fully saturated rings. The van der Waals surface area contributed by atoms with Gasteiger partial charge in [-0.15, -0.1) is 0 Å². The van der Waals surface area contributed by atoms with Crippen molar-refractivity contribution >= 4 is 17.4 Å². The van der Waals surface area contributed by atoms with Crippen LogP contribution in [0.1, 0.15) is 5.56 Å². The van der Waals surface area contributed by atoms with E-state index >= 15 is 0 Å². The number of pyridine rings is 1. The maximum Gasteiger partial charge on any atom is 0.232 e. The molecule has 2 aromatic carbocycles. The van der Waals surface area contributed by atoms with Gasteiger partial charge in [0.05, 0.1) is 19.2 Å². The first-order valence-electron chi connectivity index (χ1n) is 11.2. The highest BCUT2D eigenvalue weighted by Gasteiger charge is 2.22. The van der Waals surface area contributed by atoms with Crippen LogP contribution in [0.5, 0.6) is 5.75 Å². The molecule has 0 saturated carbocycles. The lowest BCUT2D eigenvalue weighted by Crippen LogP contribution is -2.49. The monoisotopic (exact) mass is 447 g/mol. The highest BCUT2D eigenvalue weighted by atomic mass is 18.2. The van der Waals surface area contributed by atoms with Crippen molar-refractivity contribution in [1.29, 1.82) is 0 Å². The van der Waals surface area contributed by atoms with Crippen LogP contribution >= 0.6 is 0 Å². The van der Waals surface area contributed by atoms with Gasteiger partial charge in [0, 0.05) is 45.5 Å². The average molecular weight is 448 g/mol. The number of aromatic nitrogens is 1. The first-order chi connectivity index (χ1) is 16.1. The Hall–Kier alpha value is -3.45. The zero-order chi connectivity index (χ0) is 23.0. The van der Waals surface area contributed by atoms with Crippen LogP contribution in [0.4, 0.5) is 15.9 Å². The van der Waals surface area contributed by atoms with Crippen molar-refractivity contribution in [3.8, 4) is 5.75 Å². The molecule has 0 N–H and O–H groups in total. The fourth-order valence-corrected chi connectivity index (χ4v) is 4.10. The van der Waals surface area contributed by atoms with Gasteiger partial charge in [-0.05, 0) is 42.0 Å². The molecule has 0 unspecified atom stereocenters. The van der Waals surface area contributed by atoms with E-state index in [1.165, 1.54) is 12.1 Å². The summed E-state index contributed by atoms with van der Waals surface area (Å²) in [6, 6.07) is 19.7. The molecule has 33 heavy (non-hydrogen) atoms. The molecule has 4 rings (SSSR count). The molecule has 172 valence electrons. The predicted molar refractivity (Wildman–Crippen MR) is 128 cm³/mol. The zero-order valence-corrected chi connectivity index (χ0v) is 18.9. The van der Waals surface area contributed by atoms with Gasteiger partial charge in [-0.3, -0.25) is 14.6 Å². The number of hydrogen-bond acceptors (Lipinski definition) is 5. The Morgan fingerprint density at radius 2 is 1.73 bits per heavy atom. The number of carbonyl (C=O) groups is 1. The van der Waals surface area contributed by atoms with Gasteiger partial charge in [0.25, 0.3) is 0 Å². The first kappa shape index (κ1) is 22.7. The Balaban J connectivity index is 1.37. The number of para-hydroxylation sites is 2.